The van der Waals surface area contributed by atoms with Crippen molar-refractivity contribution in [1.29, 1.82) is 0 Å². The molecule has 0 aromatic heterocycles. The number of nitrogens with zero attached hydrogens (tertiary/aromatic N) is 1. The summed E-state index contributed by atoms with van der Waals surface area (Å²) >= 11 is 0. The molecule has 25 heavy (non-hydrogen) atoms. The maximum absolute atomic E-state index is 9.06. The lowest BCUT2D eigenvalue weighted by atomic mass is 10.0. The molecule has 0 amide bonds. The van der Waals surface area contributed by atoms with Crippen molar-refractivity contribution < 1.29 is 14.6 Å². The standard InChI is InChI=1S/C18H31N3O3.HI/c1-4-5-15(9-11-22)13-21-18(19)20-10-8-14-6-7-16(23-2)17(12-14)24-3;/h6-7,12,15,22H,4-5,8-11,13H2,1-3H3,(H3,19,20,21);1H. The van der Waals surface area contributed by atoms with Crippen LogP contribution in [0, 0.1) is 5.92 Å². The second kappa shape index (κ2) is 14.0. The Bertz CT molecular complexity index is 506. The maximum atomic E-state index is 9.06. The molecule has 0 saturated heterocycles. The summed E-state index contributed by atoms with van der Waals surface area (Å²) in [5.74, 6) is 2.30. The molecule has 0 aliphatic heterocycles. The van der Waals surface area contributed by atoms with Crippen molar-refractivity contribution in [3.8, 4) is 11.5 Å². The minimum atomic E-state index is 0. The van der Waals surface area contributed by atoms with Crippen LogP contribution in [-0.4, -0.2) is 45.0 Å². The quantitative estimate of drug-likeness (QED) is 0.266. The molecule has 0 radical (unpaired) electrons. The fraction of sp³-hybridized carbons (Fsp3) is 0.611. The average molecular weight is 465 g/mol. The minimum Gasteiger partial charge on any atom is -0.493 e. The first-order valence-electron chi connectivity index (χ1n) is 8.50. The fourth-order valence-electron chi connectivity index (χ4n) is 2.57. The zero-order valence-electron chi connectivity index (χ0n) is 15.5. The first-order chi connectivity index (χ1) is 11.6. The number of aliphatic imine (C=N–C) groups is 1. The van der Waals surface area contributed by atoms with Crippen LogP contribution in [0.5, 0.6) is 11.5 Å². The molecular formula is C18H32IN3O3. The van der Waals surface area contributed by atoms with Crippen molar-refractivity contribution in [1.82, 2.24) is 5.32 Å². The smallest absolute Gasteiger partial charge is 0.188 e. The van der Waals surface area contributed by atoms with Crippen LogP contribution in [-0.2, 0) is 6.42 Å². The SMILES string of the molecule is CCCC(CCO)CN=C(N)NCCc1ccc(OC)c(OC)c1.I. The lowest BCUT2D eigenvalue weighted by molar-refractivity contribution is 0.253. The molecule has 4 N–H and O–H groups in total. The van der Waals surface area contributed by atoms with Crippen molar-refractivity contribution in [2.75, 3.05) is 33.9 Å². The fourth-order valence-corrected chi connectivity index (χ4v) is 2.57. The molecular weight excluding hydrogens is 433 g/mol. The summed E-state index contributed by atoms with van der Waals surface area (Å²) in [5, 5.41) is 12.2. The van der Waals surface area contributed by atoms with E-state index in [0.29, 0.717) is 25.0 Å². The monoisotopic (exact) mass is 465 g/mol. The van der Waals surface area contributed by atoms with E-state index in [-0.39, 0.29) is 30.6 Å². The molecule has 0 aliphatic carbocycles. The minimum absolute atomic E-state index is 0. The molecule has 0 aliphatic rings. The summed E-state index contributed by atoms with van der Waals surface area (Å²) in [5.41, 5.74) is 7.05. The summed E-state index contributed by atoms with van der Waals surface area (Å²) in [7, 11) is 3.25. The molecule has 1 aromatic rings. The van der Waals surface area contributed by atoms with Crippen LogP contribution >= 0.6 is 24.0 Å². The van der Waals surface area contributed by atoms with Crippen molar-refractivity contribution in [2.45, 2.75) is 32.6 Å². The Kier molecular flexibility index (Phi) is 13.3. The summed E-state index contributed by atoms with van der Waals surface area (Å²) < 4.78 is 10.5. The Balaban J connectivity index is 0.00000576. The number of guanidine groups is 1. The van der Waals surface area contributed by atoms with Gasteiger partial charge in [-0.2, -0.15) is 0 Å². The highest BCUT2D eigenvalue weighted by atomic mass is 127. The Hall–Kier alpha value is -1.22. The Labute approximate surface area is 168 Å². The number of rotatable bonds is 11. The molecule has 1 aromatic carbocycles. The number of benzene rings is 1. The van der Waals surface area contributed by atoms with Crippen LogP contribution in [0.3, 0.4) is 0 Å². The molecule has 144 valence electrons. The Morgan fingerprint density at radius 1 is 1.24 bits per heavy atom. The largest absolute Gasteiger partial charge is 0.493 e. The van der Waals surface area contributed by atoms with Gasteiger partial charge in [0.25, 0.3) is 0 Å². The molecule has 0 spiro atoms. The number of nitrogens with two attached hydrogens (primary N) is 1. The van der Waals surface area contributed by atoms with Gasteiger partial charge in [-0.1, -0.05) is 19.4 Å². The van der Waals surface area contributed by atoms with Gasteiger partial charge in [-0.3, -0.25) is 4.99 Å². The number of ether oxygens (including phenoxy) is 2. The van der Waals surface area contributed by atoms with Crippen LogP contribution in [0.2, 0.25) is 0 Å². The number of aliphatic hydroxyl groups excluding tert-OH is 1. The van der Waals surface area contributed by atoms with Gasteiger partial charge >= 0.3 is 0 Å². The Morgan fingerprint density at radius 2 is 1.96 bits per heavy atom. The summed E-state index contributed by atoms with van der Waals surface area (Å²) in [4.78, 5) is 4.38. The van der Waals surface area contributed by atoms with Crippen molar-refractivity contribution in [3.63, 3.8) is 0 Å². The highest BCUT2D eigenvalue weighted by Crippen LogP contribution is 2.27. The number of nitrogens with one attached hydrogen (secondary N) is 1. The summed E-state index contributed by atoms with van der Waals surface area (Å²) in [6.45, 7) is 3.69. The van der Waals surface area contributed by atoms with E-state index in [1.165, 1.54) is 0 Å². The van der Waals surface area contributed by atoms with Gasteiger partial charge in [0.1, 0.15) is 0 Å². The van der Waals surface area contributed by atoms with Gasteiger partial charge in [-0.15, -0.1) is 24.0 Å². The van der Waals surface area contributed by atoms with Gasteiger partial charge in [-0.05, 0) is 42.9 Å². The first kappa shape index (κ1) is 23.8. The molecule has 0 saturated carbocycles. The van der Waals surface area contributed by atoms with Crippen LogP contribution in [0.4, 0.5) is 0 Å². The second-order valence-electron chi connectivity index (χ2n) is 5.76. The Morgan fingerprint density at radius 3 is 2.56 bits per heavy atom. The van der Waals surface area contributed by atoms with E-state index in [1.54, 1.807) is 14.2 Å². The van der Waals surface area contributed by atoms with Crippen LogP contribution in [0.1, 0.15) is 31.7 Å². The van der Waals surface area contributed by atoms with Gasteiger partial charge < -0.3 is 25.6 Å². The van der Waals surface area contributed by atoms with Gasteiger partial charge in [0, 0.05) is 19.7 Å². The average Bonchev–Trinajstić information content (AvgIpc) is 2.60. The normalized spacial score (nSPS) is 12.2. The molecule has 0 fully saturated rings. The van der Waals surface area contributed by atoms with Crippen molar-refractivity contribution in [3.05, 3.63) is 23.8 Å². The molecule has 1 atom stereocenters. The number of methoxy groups -OCH3 is 2. The van der Waals surface area contributed by atoms with Gasteiger partial charge in [0.05, 0.1) is 14.2 Å². The number of hydrogen-bond donors (Lipinski definition) is 3. The zero-order valence-corrected chi connectivity index (χ0v) is 17.8. The van der Waals surface area contributed by atoms with E-state index >= 15 is 0 Å². The van der Waals surface area contributed by atoms with Crippen molar-refractivity contribution >= 4 is 29.9 Å². The van der Waals surface area contributed by atoms with Crippen LogP contribution in [0.25, 0.3) is 0 Å². The number of aliphatic hydroxyl groups is 1. The van der Waals surface area contributed by atoms with E-state index in [0.717, 1.165) is 42.7 Å². The first-order valence-corrected chi connectivity index (χ1v) is 8.50. The highest BCUT2D eigenvalue weighted by molar-refractivity contribution is 14.0. The number of halogens is 1. The predicted octanol–water partition coefficient (Wildman–Crippen LogP) is 2.57. The lowest BCUT2D eigenvalue weighted by Gasteiger charge is -2.13. The van der Waals surface area contributed by atoms with E-state index in [1.807, 2.05) is 18.2 Å². The maximum Gasteiger partial charge on any atom is 0.188 e. The summed E-state index contributed by atoms with van der Waals surface area (Å²) in [6.07, 6.45) is 3.73. The van der Waals surface area contributed by atoms with E-state index < -0.39 is 0 Å². The third-order valence-corrected chi connectivity index (χ3v) is 3.92. The van der Waals surface area contributed by atoms with E-state index in [9.17, 15) is 0 Å². The van der Waals surface area contributed by atoms with E-state index in [2.05, 4.69) is 17.2 Å². The van der Waals surface area contributed by atoms with Crippen LogP contribution < -0.4 is 20.5 Å². The van der Waals surface area contributed by atoms with Gasteiger partial charge in [0.2, 0.25) is 0 Å². The van der Waals surface area contributed by atoms with E-state index in [4.69, 9.17) is 20.3 Å². The van der Waals surface area contributed by atoms with Gasteiger partial charge in [0.15, 0.2) is 17.5 Å². The molecule has 1 rings (SSSR count). The number of hydrogen-bond acceptors (Lipinski definition) is 4. The lowest BCUT2D eigenvalue weighted by Crippen LogP contribution is -2.33. The third-order valence-electron chi connectivity index (χ3n) is 3.92. The molecule has 7 heteroatoms. The molecule has 1 unspecified atom stereocenters. The molecule has 6 nitrogen and oxygen atoms in total. The second-order valence-corrected chi connectivity index (χ2v) is 5.76. The molecule has 0 bridgehead atoms. The zero-order chi connectivity index (χ0) is 17.8. The predicted molar refractivity (Wildman–Crippen MR) is 113 cm³/mol. The summed E-state index contributed by atoms with van der Waals surface area (Å²) in [6, 6.07) is 5.87. The molecule has 0 heterocycles. The van der Waals surface area contributed by atoms with Gasteiger partial charge in [-0.25, -0.2) is 0 Å². The highest BCUT2D eigenvalue weighted by Gasteiger charge is 2.07. The topological polar surface area (TPSA) is 89.1 Å². The third kappa shape index (κ3) is 9.15. The van der Waals surface area contributed by atoms with Crippen molar-refractivity contribution in [2.24, 2.45) is 16.6 Å². The van der Waals surface area contributed by atoms with Crippen LogP contribution in [0.15, 0.2) is 23.2 Å².